The Kier molecular flexibility index (Phi) is 7.47. The quantitative estimate of drug-likeness (QED) is 0.672. The number of carbonyl (C=O) groups excluding carboxylic acids is 1. The van der Waals surface area contributed by atoms with E-state index in [4.69, 9.17) is 15.2 Å². The molecular weight excluding hydrogens is 312 g/mol. The van der Waals surface area contributed by atoms with Gasteiger partial charge in [-0.05, 0) is 22.0 Å². The molecule has 1 aromatic carbocycles. The summed E-state index contributed by atoms with van der Waals surface area (Å²) in [6.45, 7) is 2.38. The van der Waals surface area contributed by atoms with E-state index in [-0.39, 0.29) is 18.9 Å². The Bertz CT molecular complexity index is 413. The summed E-state index contributed by atoms with van der Waals surface area (Å²) < 4.78 is 11.5. The molecule has 6 heteroatoms. The van der Waals surface area contributed by atoms with E-state index in [1.54, 1.807) is 7.11 Å². The number of primary amides is 1. The van der Waals surface area contributed by atoms with E-state index in [9.17, 15) is 4.79 Å². The summed E-state index contributed by atoms with van der Waals surface area (Å²) in [6.07, 6.45) is 0.206. The van der Waals surface area contributed by atoms with Crippen LogP contribution in [0.3, 0.4) is 0 Å². The monoisotopic (exact) mass is 330 g/mol. The van der Waals surface area contributed by atoms with Gasteiger partial charge in [-0.25, -0.2) is 0 Å². The van der Waals surface area contributed by atoms with Gasteiger partial charge in [-0.2, -0.15) is 0 Å². The van der Waals surface area contributed by atoms with Gasteiger partial charge in [-0.3, -0.25) is 4.79 Å². The second kappa shape index (κ2) is 8.90. The minimum Gasteiger partial charge on any atom is -0.492 e. The van der Waals surface area contributed by atoms with Gasteiger partial charge in [0, 0.05) is 25.8 Å². The summed E-state index contributed by atoms with van der Waals surface area (Å²) in [5.41, 5.74) is 6.11. The zero-order valence-electron chi connectivity index (χ0n) is 10.9. The molecule has 0 spiro atoms. The number of ether oxygens (including phenoxy) is 2. The van der Waals surface area contributed by atoms with Crippen LogP contribution in [-0.4, -0.2) is 32.8 Å². The highest BCUT2D eigenvalue weighted by molar-refractivity contribution is 9.10. The topological polar surface area (TPSA) is 73.6 Å². The molecule has 19 heavy (non-hydrogen) atoms. The molecule has 0 heterocycles. The normalized spacial score (nSPS) is 10.4. The average Bonchev–Trinajstić information content (AvgIpc) is 2.37. The summed E-state index contributed by atoms with van der Waals surface area (Å²) in [5, 5.41) is 3.25. The summed E-state index contributed by atoms with van der Waals surface area (Å²) in [5.74, 6) is 0.375. The van der Waals surface area contributed by atoms with Crippen molar-refractivity contribution in [3.8, 4) is 5.75 Å². The molecule has 1 aromatic rings. The lowest BCUT2D eigenvalue weighted by Crippen LogP contribution is -2.19. The lowest BCUT2D eigenvalue weighted by Gasteiger charge is -2.13. The zero-order valence-corrected chi connectivity index (χ0v) is 12.5. The van der Waals surface area contributed by atoms with Crippen LogP contribution in [0, 0.1) is 0 Å². The SMILES string of the molecule is COCCNCc1cccc(Br)c1OCCC(N)=O. The number of nitrogens with two attached hydrogens (primary N) is 1. The Morgan fingerprint density at radius 1 is 1.42 bits per heavy atom. The third-order valence-electron chi connectivity index (χ3n) is 2.44. The summed E-state index contributed by atoms with van der Waals surface area (Å²) in [6, 6.07) is 5.82. The first-order valence-electron chi connectivity index (χ1n) is 6.03. The van der Waals surface area contributed by atoms with Crippen molar-refractivity contribution in [2.75, 3.05) is 26.9 Å². The third kappa shape index (κ3) is 6.04. The summed E-state index contributed by atoms with van der Waals surface area (Å²) >= 11 is 3.44. The van der Waals surface area contributed by atoms with Crippen molar-refractivity contribution in [3.63, 3.8) is 0 Å². The van der Waals surface area contributed by atoms with Crippen molar-refractivity contribution in [2.24, 2.45) is 5.73 Å². The minimum absolute atomic E-state index is 0.206. The Morgan fingerprint density at radius 3 is 2.89 bits per heavy atom. The number of halogens is 1. The van der Waals surface area contributed by atoms with Gasteiger partial charge in [0.2, 0.25) is 5.91 Å². The van der Waals surface area contributed by atoms with Gasteiger partial charge >= 0.3 is 0 Å². The number of hydrogen-bond donors (Lipinski definition) is 2. The number of rotatable bonds is 9. The maximum absolute atomic E-state index is 10.7. The Labute approximate surface area is 121 Å². The molecule has 0 bridgehead atoms. The van der Waals surface area contributed by atoms with E-state index < -0.39 is 0 Å². The maximum Gasteiger partial charge on any atom is 0.220 e. The number of para-hydroxylation sites is 1. The van der Waals surface area contributed by atoms with E-state index in [1.807, 2.05) is 18.2 Å². The van der Waals surface area contributed by atoms with Crippen LogP contribution in [0.15, 0.2) is 22.7 Å². The van der Waals surface area contributed by atoms with Crippen LogP contribution in [-0.2, 0) is 16.1 Å². The van der Waals surface area contributed by atoms with Crippen LogP contribution < -0.4 is 15.8 Å². The van der Waals surface area contributed by atoms with Crippen molar-refractivity contribution in [3.05, 3.63) is 28.2 Å². The summed E-state index contributed by atoms with van der Waals surface area (Å²) in [7, 11) is 1.67. The van der Waals surface area contributed by atoms with Crippen molar-refractivity contribution in [2.45, 2.75) is 13.0 Å². The van der Waals surface area contributed by atoms with Gasteiger partial charge in [0.05, 0.1) is 24.1 Å². The average molecular weight is 331 g/mol. The van der Waals surface area contributed by atoms with Gasteiger partial charge in [0.1, 0.15) is 5.75 Å². The van der Waals surface area contributed by atoms with Crippen LogP contribution in [0.2, 0.25) is 0 Å². The third-order valence-corrected chi connectivity index (χ3v) is 3.07. The minimum atomic E-state index is -0.369. The van der Waals surface area contributed by atoms with E-state index in [0.717, 1.165) is 22.3 Å². The van der Waals surface area contributed by atoms with Crippen LogP contribution in [0.1, 0.15) is 12.0 Å². The van der Waals surface area contributed by atoms with Crippen LogP contribution in [0.4, 0.5) is 0 Å². The number of benzene rings is 1. The highest BCUT2D eigenvalue weighted by atomic mass is 79.9. The molecule has 0 unspecified atom stereocenters. The van der Waals surface area contributed by atoms with Crippen molar-refractivity contribution in [1.82, 2.24) is 5.32 Å². The van der Waals surface area contributed by atoms with Gasteiger partial charge in [0.15, 0.2) is 0 Å². The van der Waals surface area contributed by atoms with Gasteiger partial charge < -0.3 is 20.5 Å². The Hall–Kier alpha value is -1.11. The molecule has 0 aromatic heterocycles. The van der Waals surface area contributed by atoms with Crippen LogP contribution in [0.5, 0.6) is 5.75 Å². The van der Waals surface area contributed by atoms with Crippen LogP contribution in [0.25, 0.3) is 0 Å². The Morgan fingerprint density at radius 2 is 2.21 bits per heavy atom. The molecular formula is C13H19BrN2O3. The van der Waals surface area contributed by atoms with Gasteiger partial charge in [-0.1, -0.05) is 12.1 Å². The highest BCUT2D eigenvalue weighted by Gasteiger charge is 2.08. The largest absolute Gasteiger partial charge is 0.492 e. The molecule has 5 nitrogen and oxygen atoms in total. The predicted molar refractivity (Wildman–Crippen MR) is 77.0 cm³/mol. The van der Waals surface area contributed by atoms with Crippen molar-refractivity contribution >= 4 is 21.8 Å². The van der Waals surface area contributed by atoms with E-state index in [0.29, 0.717) is 13.2 Å². The van der Waals surface area contributed by atoms with Gasteiger partial charge in [0.25, 0.3) is 0 Å². The first kappa shape index (κ1) is 15.9. The second-order valence-corrected chi connectivity index (χ2v) is 4.82. The molecule has 106 valence electrons. The maximum atomic E-state index is 10.7. The number of methoxy groups -OCH3 is 1. The van der Waals surface area contributed by atoms with E-state index in [1.165, 1.54) is 0 Å². The summed E-state index contributed by atoms with van der Waals surface area (Å²) in [4.78, 5) is 10.7. The standard InChI is InChI=1S/C13H19BrN2O3/c1-18-8-6-16-9-10-3-2-4-11(14)13(10)19-7-5-12(15)17/h2-4,16H,5-9H2,1H3,(H2,15,17). The second-order valence-electron chi connectivity index (χ2n) is 3.96. The number of hydrogen-bond acceptors (Lipinski definition) is 4. The molecule has 0 aliphatic rings. The molecule has 0 saturated heterocycles. The van der Waals surface area contributed by atoms with Crippen molar-refractivity contribution in [1.29, 1.82) is 0 Å². The lowest BCUT2D eigenvalue weighted by atomic mass is 10.2. The molecule has 0 radical (unpaired) electrons. The number of carbonyl (C=O) groups is 1. The fourth-order valence-corrected chi connectivity index (χ4v) is 2.03. The first-order valence-corrected chi connectivity index (χ1v) is 6.82. The number of nitrogens with one attached hydrogen (secondary N) is 1. The van der Waals surface area contributed by atoms with Crippen molar-refractivity contribution < 1.29 is 14.3 Å². The molecule has 0 atom stereocenters. The molecule has 1 rings (SSSR count). The molecule has 0 fully saturated rings. The molecule has 0 aliphatic heterocycles. The predicted octanol–water partition coefficient (Wildman–Crippen LogP) is 1.44. The fraction of sp³-hybridized carbons (Fsp3) is 0.462. The molecule has 3 N–H and O–H groups in total. The zero-order chi connectivity index (χ0) is 14.1. The Balaban J connectivity index is 2.58. The van der Waals surface area contributed by atoms with Gasteiger partial charge in [-0.15, -0.1) is 0 Å². The smallest absolute Gasteiger partial charge is 0.220 e. The van der Waals surface area contributed by atoms with Crippen LogP contribution >= 0.6 is 15.9 Å². The first-order chi connectivity index (χ1) is 9.15. The molecule has 0 aliphatic carbocycles. The molecule has 0 saturated carbocycles. The molecule has 1 amide bonds. The highest BCUT2D eigenvalue weighted by Crippen LogP contribution is 2.29. The number of amides is 1. The van der Waals surface area contributed by atoms with E-state index in [2.05, 4.69) is 21.2 Å². The lowest BCUT2D eigenvalue weighted by molar-refractivity contribution is -0.118. The van der Waals surface area contributed by atoms with E-state index >= 15 is 0 Å². The fourth-order valence-electron chi connectivity index (χ4n) is 1.51.